The molecule has 9 nitrogen and oxygen atoms in total. The first-order valence-corrected chi connectivity index (χ1v) is 13.0. The second-order valence-electron chi connectivity index (χ2n) is 9.72. The van der Waals surface area contributed by atoms with Crippen molar-refractivity contribution in [3.8, 4) is 23.0 Å². The first-order valence-electron chi connectivity index (χ1n) is 13.0. The zero-order valence-corrected chi connectivity index (χ0v) is 21.9. The van der Waals surface area contributed by atoms with Crippen molar-refractivity contribution in [2.24, 2.45) is 0 Å². The highest BCUT2D eigenvalue weighted by molar-refractivity contribution is 6.02. The fourth-order valence-corrected chi connectivity index (χ4v) is 5.19. The summed E-state index contributed by atoms with van der Waals surface area (Å²) in [7, 11) is 0. The molecule has 4 heterocycles. The molecule has 1 aliphatic rings. The number of pyridine rings is 1. The van der Waals surface area contributed by atoms with E-state index in [1.54, 1.807) is 29.6 Å². The van der Waals surface area contributed by atoms with Crippen molar-refractivity contribution in [3.05, 3.63) is 66.7 Å². The van der Waals surface area contributed by atoms with Crippen LogP contribution in [0.25, 0.3) is 28.0 Å². The molecular formula is C29H31N7O2. The lowest BCUT2D eigenvalue weighted by molar-refractivity contribution is -0.154. The second kappa shape index (κ2) is 10.2. The number of carbonyl (C=O) groups excluding carboxylic acids is 1. The van der Waals surface area contributed by atoms with Gasteiger partial charge in [-0.3, -0.25) is 9.36 Å². The lowest BCUT2D eigenvalue weighted by atomic mass is 9.94. The number of hydrogen-bond donors (Lipinski definition) is 1. The standard InChI is InChI=1S/C29H31N7O2/c1-4-29(38,5-2)28(37)35-14-13-34(17-20(35)3)26-25-23(22-9-7-6-8-10-22)18-36(27(25)33-19-32-26)24-15-21(16-30)11-12-31-24/h6-12,15,18-20,38H,4-5,13-14,17H2,1-3H3. The van der Waals surface area contributed by atoms with Gasteiger partial charge in [0.25, 0.3) is 5.91 Å². The lowest BCUT2D eigenvalue weighted by Crippen LogP contribution is -2.59. The van der Waals surface area contributed by atoms with Crippen LogP contribution < -0.4 is 4.90 Å². The fraction of sp³-hybridized carbons (Fsp3) is 0.345. The van der Waals surface area contributed by atoms with Crippen molar-refractivity contribution in [1.82, 2.24) is 24.4 Å². The molecule has 9 heteroatoms. The van der Waals surface area contributed by atoms with Crippen molar-refractivity contribution < 1.29 is 9.90 Å². The Hall–Kier alpha value is -4.29. The molecule has 38 heavy (non-hydrogen) atoms. The molecule has 1 amide bonds. The number of nitriles is 1. The molecule has 0 spiro atoms. The van der Waals surface area contributed by atoms with Crippen LogP contribution in [0, 0.1) is 11.3 Å². The smallest absolute Gasteiger partial charge is 0.254 e. The minimum atomic E-state index is -1.33. The third-order valence-electron chi connectivity index (χ3n) is 7.52. The van der Waals surface area contributed by atoms with Crippen LogP contribution in [0.2, 0.25) is 0 Å². The molecule has 0 saturated carbocycles. The fourth-order valence-electron chi connectivity index (χ4n) is 5.19. The molecule has 1 unspecified atom stereocenters. The monoisotopic (exact) mass is 509 g/mol. The number of fused-ring (bicyclic) bond motifs is 1. The molecule has 1 aliphatic heterocycles. The minimum absolute atomic E-state index is 0.109. The zero-order valence-electron chi connectivity index (χ0n) is 21.9. The van der Waals surface area contributed by atoms with E-state index in [0.717, 1.165) is 22.3 Å². The van der Waals surface area contributed by atoms with Gasteiger partial charge in [0.15, 0.2) is 5.65 Å². The Kier molecular flexibility index (Phi) is 6.83. The van der Waals surface area contributed by atoms with Crippen LogP contribution in [0.5, 0.6) is 0 Å². The van der Waals surface area contributed by atoms with Gasteiger partial charge >= 0.3 is 0 Å². The van der Waals surface area contributed by atoms with Crippen molar-refractivity contribution in [2.75, 3.05) is 24.5 Å². The summed E-state index contributed by atoms with van der Waals surface area (Å²) in [6.45, 7) is 7.33. The Labute approximate surface area is 222 Å². The highest BCUT2D eigenvalue weighted by Gasteiger charge is 2.40. The van der Waals surface area contributed by atoms with Gasteiger partial charge in [-0.1, -0.05) is 44.2 Å². The maximum absolute atomic E-state index is 13.2. The van der Waals surface area contributed by atoms with E-state index in [9.17, 15) is 15.2 Å². The Balaban J connectivity index is 1.59. The summed E-state index contributed by atoms with van der Waals surface area (Å²) in [5, 5.41) is 21.2. The summed E-state index contributed by atoms with van der Waals surface area (Å²) in [4.78, 5) is 31.0. The summed E-state index contributed by atoms with van der Waals surface area (Å²) in [5.41, 5.74) is 1.84. The molecule has 1 atom stereocenters. The number of aliphatic hydroxyl groups is 1. The van der Waals surface area contributed by atoms with Crippen LogP contribution in [-0.2, 0) is 4.79 Å². The number of piperazine rings is 1. The number of nitrogens with zero attached hydrogens (tertiary/aromatic N) is 7. The Morgan fingerprint density at radius 1 is 1.13 bits per heavy atom. The third kappa shape index (κ3) is 4.37. The van der Waals surface area contributed by atoms with Crippen LogP contribution in [0.15, 0.2) is 61.2 Å². The maximum atomic E-state index is 13.2. The first-order chi connectivity index (χ1) is 18.4. The minimum Gasteiger partial charge on any atom is -0.380 e. The van der Waals surface area contributed by atoms with Gasteiger partial charge in [-0.05, 0) is 37.5 Å². The zero-order chi connectivity index (χ0) is 26.9. The predicted octanol–water partition coefficient (Wildman–Crippen LogP) is 3.94. The number of aromatic nitrogens is 4. The average molecular weight is 510 g/mol. The number of hydrogen-bond acceptors (Lipinski definition) is 7. The van der Waals surface area contributed by atoms with Gasteiger partial charge in [-0.2, -0.15) is 5.26 Å². The third-order valence-corrected chi connectivity index (χ3v) is 7.52. The molecule has 1 aromatic carbocycles. The van der Waals surface area contributed by atoms with Crippen molar-refractivity contribution in [3.63, 3.8) is 0 Å². The summed E-state index contributed by atoms with van der Waals surface area (Å²) in [6.07, 6.45) is 5.93. The van der Waals surface area contributed by atoms with Crippen molar-refractivity contribution in [1.29, 1.82) is 5.26 Å². The normalized spacial score (nSPS) is 16.0. The van der Waals surface area contributed by atoms with E-state index in [-0.39, 0.29) is 11.9 Å². The molecule has 1 saturated heterocycles. The number of carbonyl (C=O) groups is 1. The van der Waals surface area contributed by atoms with E-state index in [4.69, 9.17) is 4.98 Å². The molecule has 0 bridgehead atoms. The SMILES string of the molecule is CCC(O)(CC)C(=O)N1CCN(c2ncnc3c2c(-c2ccccc2)cn3-c2cc(C#N)ccn2)CC1C. The predicted molar refractivity (Wildman–Crippen MR) is 146 cm³/mol. The highest BCUT2D eigenvalue weighted by Crippen LogP contribution is 2.37. The van der Waals surface area contributed by atoms with Crippen LogP contribution in [-0.4, -0.2) is 66.7 Å². The van der Waals surface area contributed by atoms with Crippen molar-refractivity contribution >= 4 is 22.8 Å². The van der Waals surface area contributed by atoms with Gasteiger partial charge < -0.3 is 14.9 Å². The Morgan fingerprint density at radius 3 is 2.58 bits per heavy atom. The van der Waals surface area contributed by atoms with Gasteiger partial charge in [-0.25, -0.2) is 15.0 Å². The van der Waals surface area contributed by atoms with Gasteiger partial charge in [0.1, 0.15) is 23.6 Å². The van der Waals surface area contributed by atoms with E-state index in [1.165, 1.54) is 0 Å². The largest absolute Gasteiger partial charge is 0.380 e. The van der Waals surface area contributed by atoms with Gasteiger partial charge in [0.05, 0.1) is 17.0 Å². The molecule has 194 valence electrons. The van der Waals surface area contributed by atoms with E-state index in [2.05, 4.69) is 20.9 Å². The van der Waals surface area contributed by atoms with Crippen LogP contribution >= 0.6 is 0 Å². The number of amides is 1. The van der Waals surface area contributed by atoms with Gasteiger partial charge in [0.2, 0.25) is 0 Å². The summed E-state index contributed by atoms with van der Waals surface area (Å²) in [5.74, 6) is 1.18. The van der Waals surface area contributed by atoms with Crippen molar-refractivity contribution in [2.45, 2.75) is 45.3 Å². The molecule has 1 N–H and O–H groups in total. The van der Waals surface area contributed by atoms with E-state index in [1.807, 2.05) is 61.9 Å². The van der Waals surface area contributed by atoms with Crippen LogP contribution in [0.1, 0.15) is 39.2 Å². The van der Waals surface area contributed by atoms with E-state index >= 15 is 0 Å². The number of benzene rings is 1. The molecule has 3 aromatic heterocycles. The summed E-state index contributed by atoms with van der Waals surface area (Å²) < 4.78 is 1.90. The molecule has 0 radical (unpaired) electrons. The van der Waals surface area contributed by atoms with Crippen LogP contribution in [0.4, 0.5) is 5.82 Å². The molecular weight excluding hydrogens is 478 g/mol. The Morgan fingerprint density at radius 2 is 1.89 bits per heavy atom. The summed E-state index contributed by atoms with van der Waals surface area (Å²) in [6, 6.07) is 15.5. The first kappa shape index (κ1) is 25.4. The highest BCUT2D eigenvalue weighted by atomic mass is 16.3. The van der Waals surface area contributed by atoms with E-state index < -0.39 is 5.60 Å². The maximum Gasteiger partial charge on any atom is 0.254 e. The molecule has 4 aromatic rings. The van der Waals surface area contributed by atoms with Crippen LogP contribution in [0.3, 0.4) is 0 Å². The molecule has 1 fully saturated rings. The molecule has 5 rings (SSSR count). The second-order valence-corrected chi connectivity index (χ2v) is 9.72. The number of anilines is 1. The van der Waals surface area contributed by atoms with Gasteiger partial charge in [-0.15, -0.1) is 0 Å². The summed E-state index contributed by atoms with van der Waals surface area (Å²) >= 11 is 0. The average Bonchev–Trinajstić information content (AvgIpc) is 3.37. The number of rotatable bonds is 6. The topological polar surface area (TPSA) is 111 Å². The molecule has 0 aliphatic carbocycles. The van der Waals surface area contributed by atoms with E-state index in [0.29, 0.717) is 49.5 Å². The lowest BCUT2D eigenvalue weighted by Gasteiger charge is -2.43. The quantitative estimate of drug-likeness (QED) is 0.419. The Bertz CT molecular complexity index is 1500. The van der Waals surface area contributed by atoms with Gasteiger partial charge in [0, 0.05) is 43.6 Å².